The number of para-hydroxylation sites is 2. The third-order valence-corrected chi connectivity index (χ3v) is 6.16. The van der Waals surface area contributed by atoms with E-state index in [2.05, 4.69) is 5.32 Å². The van der Waals surface area contributed by atoms with Gasteiger partial charge < -0.3 is 15.0 Å². The van der Waals surface area contributed by atoms with Crippen molar-refractivity contribution >= 4 is 22.7 Å². The summed E-state index contributed by atoms with van der Waals surface area (Å²) < 4.78 is 5.40. The number of carbonyl (C=O) groups is 2. The van der Waals surface area contributed by atoms with Gasteiger partial charge >= 0.3 is 0 Å². The molecule has 1 N–H and O–H groups in total. The third kappa shape index (κ3) is 5.16. The van der Waals surface area contributed by atoms with Gasteiger partial charge in [0, 0.05) is 42.6 Å². The van der Waals surface area contributed by atoms with Crippen LogP contribution in [-0.4, -0.2) is 47.9 Å². The Morgan fingerprint density at radius 1 is 1.15 bits per heavy atom. The van der Waals surface area contributed by atoms with Crippen LogP contribution in [0.5, 0.6) is 5.75 Å². The molecule has 0 bridgehead atoms. The molecule has 3 aromatic rings. The number of methoxy groups -OCH3 is 1. The van der Waals surface area contributed by atoms with Gasteiger partial charge in [0.2, 0.25) is 5.91 Å². The molecule has 6 heteroatoms. The Hall–Kier alpha value is -3.41. The lowest BCUT2D eigenvalue weighted by Crippen LogP contribution is -2.30. The van der Waals surface area contributed by atoms with Crippen molar-refractivity contribution < 1.29 is 14.3 Å². The summed E-state index contributed by atoms with van der Waals surface area (Å²) in [5.41, 5.74) is 3.37. The number of pyridine rings is 1. The molecule has 33 heavy (non-hydrogen) atoms. The third-order valence-electron chi connectivity index (χ3n) is 6.16. The van der Waals surface area contributed by atoms with E-state index in [1.54, 1.807) is 7.11 Å². The van der Waals surface area contributed by atoms with E-state index < -0.39 is 0 Å². The van der Waals surface area contributed by atoms with Gasteiger partial charge in [0.15, 0.2) is 0 Å². The standard InChI is InChI=1S/C27H31N3O3/c1-18(2)28-27(32)22-16-24(29-23-10-6-5-9-21(22)23)20-14-15-30(17-20)26(31)13-12-19-8-4-7-11-25(19)33-3/h4-11,16,18,20H,12-15,17H2,1-3H3,(H,28,32). The lowest BCUT2D eigenvalue weighted by Gasteiger charge is -2.18. The molecule has 1 aliphatic heterocycles. The second-order valence-corrected chi connectivity index (χ2v) is 8.88. The molecular weight excluding hydrogens is 414 g/mol. The number of ether oxygens (including phenoxy) is 1. The van der Waals surface area contributed by atoms with E-state index in [4.69, 9.17) is 9.72 Å². The molecule has 1 unspecified atom stereocenters. The number of benzene rings is 2. The van der Waals surface area contributed by atoms with Gasteiger partial charge in [-0.1, -0.05) is 36.4 Å². The molecule has 0 aliphatic carbocycles. The first kappa shape index (κ1) is 22.8. The van der Waals surface area contributed by atoms with E-state index in [1.165, 1.54) is 0 Å². The quantitative estimate of drug-likeness (QED) is 0.588. The minimum atomic E-state index is -0.0902. The van der Waals surface area contributed by atoms with Crippen LogP contribution in [-0.2, 0) is 11.2 Å². The van der Waals surface area contributed by atoms with Crippen molar-refractivity contribution in [2.75, 3.05) is 20.2 Å². The average molecular weight is 446 g/mol. The molecule has 2 heterocycles. The van der Waals surface area contributed by atoms with Crippen LogP contribution in [0.1, 0.15) is 54.2 Å². The van der Waals surface area contributed by atoms with Gasteiger partial charge in [0.05, 0.1) is 18.2 Å². The maximum absolute atomic E-state index is 12.9. The Kier molecular flexibility index (Phi) is 6.92. The monoisotopic (exact) mass is 445 g/mol. The Labute approximate surface area is 195 Å². The summed E-state index contributed by atoms with van der Waals surface area (Å²) in [5.74, 6) is 0.988. The van der Waals surface area contributed by atoms with Crippen molar-refractivity contribution in [2.45, 2.75) is 45.1 Å². The number of aromatic nitrogens is 1. The van der Waals surface area contributed by atoms with Gasteiger partial charge in [-0.25, -0.2) is 0 Å². The zero-order valence-electron chi connectivity index (χ0n) is 19.5. The number of nitrogens with zero attached hydrogens (tertiary/aromatic N) is 2. The summed E-state index contributed by atoms with van der Waals surface area (Å²) in [7, 11) is 1.65. The van der Waals surface area contributed by atoms with E-state index in [0.717, 1.165) is 34.3 Å². The van der Waals surface area contributed by atoms with Gasteiger partial charge in [-0.05, 0) is 50.5 Å². The van der Waals surface area contributed by atoms with Gasteiger partial charge in [-0.15, -0.1) is 0 Å². The molecule has 172 valence electrons. The van der Waals surface area contributed by atoms with Gasteiger partial charge in [-0.3, -0.25) is 14.6 Å². The molecule has 6 nitrogen and oxygen atoms in total. The summed E-state index contributed by atoms with van der Waals surface area (Å²) in [6, 6.07) is 17.5. The fourth-order valence-electron chi connectivity index (χ4n) is 4.47. The minimum absolute atomic E-state index is 0.0516. The largest absolute Gasteiger partial charge is 0.496 e. The lowest BCUT2D eigenvalue weighted by molar-refractivity contribution is -0.130. The van der Waals surface area contributed by atoms with Crippen LogP contribution in [0.4, 0.5) is 0 Å². The summed E-state index contributed by atoms with van der Waals surface area (Å²) in [6.07, 6.45) is 1.94. The number of amides is 2. The molecule has 1 aliphatic rings. The van der Waals surface area contributed by atoms with Gasteiger partial charge in [0.1, 0.15) is 5.75 Å². The van der Waals surface area contributed by atoms with Crippen LogP contribution in [0, 0.1) is 0 Å². The normalized spacial score (nSPS) is 15.8. The number of aryl methyl sites for hydroxylation is 1. The van der Waals surface area contributed by atoms with Gasteiger partial charge in [0.25, 0.3) is 5.91 Å². The number of carbonyl (C=O) groups excluding carboxylic acids is 2. The van der Waals surface area contributed by atoms with Crippen molar-refractivity contribution in [3.63, 3.8) is 0 Å². The highest BCUT2D eigenvalue weighted by molar-refractivity contribution is 6.06. The van der Waals surface area contributed by atoms with Crippen LogP contribution in [0.3, 0.4) is 0 Å². The van der Waals surface area contributed by atoms with Gasteiger partial charge in [-0.2, -0.15) is 0 Å². The van der Waals surface area contributed by atoms with Crippen LogP contribution in [0.2, 0.25) is 0 Å². The number of fused-ring (bicyclic) bond motifs is 1. The lowest BCUT2D eigenvalue weighted by atomic mass is 9.99. The van der Waals surface area contributed by atoms with Crippen LogP contribution >= 0.6 is 0 Å². The zero-order chi connectivity index (χ0) is 23.4. The SMILES string of the molecule is COc1ccccc1CCC(=O)N1CCC(c2cc(C(=O)NC(C)C)c3ccccc3n2)C1. The van der Waals surface area contributed by atoms with E-state index in [9.17, 15) is 9.59 Å². The molecule has 1 fully saturated rings. The fourth-order valence-corrected chi connectivity index (χ4v) is 4.47. The molecule has 0 saturated carbocycles. The van der Waals surface area contributed by atoms with Crippen molar-refractivity contribution in [3.05, 3.63) is 71.4 Å². The number of likely N-dealkylation sites (tertiary alicyclic amines) is 1. The molecule has 0 spiro atoms. The van der Waals surface area contributed by atoms with Crippen LogP contribution in [0.15, 0.2) is 54.6 Å². The highest BCUT2D eigenvalue weighted by Crippen LogP contribution is 2.30. The first-order valence-electron chi connectivity index (χ1n) is 11.6. The first-order valence-corrected chi connectivity index (χ1v) is 11.6. The molecule has 4 rings (SSSR count). The topological polar surface area (TPSA) is 71.5 Å². The van der Waals surface area contributed by atoms with Crippen LogP contribution in [0.25, 0.3) is 10.9 Å². The Bertz CT molecular complexity index is 1160. The predicted octanol–water partition coefficient (Wildman–Crippen LogP) is 4.33. The van der Waals surface area contributed by atoms with Crippen molar-refractivity contribution in [1.82, 2.24) is 15.2 Å². The van der Waals surface area contributed by atoms with E-state index >= 15 is 0 Å². The second kappa shape index (κ2) is 10.0. The Morgan fingerprint density at radius 2 is 1.91 bits per heavy atom. The Morgan fingerprint density at radius 3 is 2.70 bits per heavy atom. The number of rotatable bonds is 7. The Balaban J connectivity index is 1.48. The zero-order valence-corrected chi connectivity index (χ0v) is 19.5. The summed E-state index contributed by atoms with van der Waals surface area (Å²) in [4.78, 5) is 32.5. The number of hydrogen-bond donors (Lipinski definition) is 1. The summed E-state index contributed by atoms with van der Waals surface area (Å²) in [6.45, 7) is 5.24. The minimum Gasteiger partial charge on any atom is -0.496 e. The number of nitrogens with one attached hydrogen (secondary N) is 1. The predicted molar refractivity (Wildman–Crippen MR) is 130 cm³/mol. The summed E-state index contributed by atoms with van der Waals surface area (Å²) >= 11 is 0. The smallest absolute Gasteiger partial charge is 0.252 e. The van der Waals surface area contributed by atoms with Crippen LogP contribution < -0.4 is 10.1 Å². The molecule has 1 aromatic heterocycles. The highest BCUT2D eigenvalue weighted by Gasteiger charge is 2.29. The highest BCUT2D eigenvalue weighted by atomic mass is 16.5. The molecular formula is C27H31N3O3. The van der Waals surface area contributed by atoms with Crippen molar-refractivity contribution in [2.24, 2.45) is 0 Å². The van der Waals surface area contributed by atoms with E-state index in [-0.39, 0.29) is 23.8 Å². The first-order chi connectivity index (χ1) is 16.0. The molecule has 1 atom stereocenters. The fraction of sp³-hybridized carbons (Fsp3) is 0.370. The van der Waals surface area contributed by atoms with E-state index in [1.807, 2.05) is 73.3 Å². The molecule has 0 radical (unpaired) electrons. The molecule has 2 aromatic carbocycles. The number of hydrogen-bond acceptors (Lipinski definition) is 4. The molecule has 1 saturated heterocycles. The molecule has 2 amide bonds. The maximum Gasteiger partial charge on any atom is 0.252 e. The van der Waals surface area contributed by atoms with Crippen molar-refractivity contribution in [1.29, 1.82) is 0 Å². The van der Waals surface area contributed by atoms with E-state index in [0.29, 0.717) is 31.5 Å². The van der Waals surface area contributed by atoms with Crippen molar-refractivity contribution in [3.8, 4) is 5.75 Å². The second-order valence-electron chi connectivity index (χ2n) is 8.88. The summed E-state index contributed by atoms with van der Waals surface area (Å²) in [5, 5.41) is 3.85. The average Bonchev–Trinajstić information content (AvgIpc) is 3.32. The maximum atomic E-state index is 12.9.